The molecular formula is C21H19ClN6O4S2. The zero-order valence-corrected chi connectivity index (χ0v) is 20.6. The Hall–Kier alpha value is -3.35. The number of sulfonamides is 1. The van der Waals surface area contributed by atoms with Gasteiger partial charge in [0.25, 0.3) is 10.0 Å². The van der Waals surface area contributed by atoms with E-state index in [9.17, 15) is 13.2 Å². The Morgan fingerprint density at radius 2 is 1.82 bits per heavy atom. The Morgan fingerprint density at radius 3 is 2.47 bits per heavy atom. The second-order valence-electron chi connectivity index (χ2n) is 7.41. The smallest absolute Gasteiger partial charge is 0.348 e. The molecule has 10 nitrogen and oxygen atoms in total. The topological polar surface area (TPSA) is 136 Å². The number of anilines is 3. The summed E-state index contributed by atoms with van der Waals surface area (Å²) in [5, 5.41) is 11.3. The number of aryl methyl sites for hydroxylation is 1. The number of halogens is 1. The molecule has 4 rings (SSSR count). The molecule has 34 heavy (non-hydrogen) atoms. The molecular weight excluding hydrogens is 500 g/mol. The number of carbonyl (C=O) groups excluding carboxylic acids is 1. The van der Waals surface area contributed by atoms with Gasteiger partial charge in [-0.3, -0.25) is 4.72 Å². The second kappa shape index (κ2) is 9.49. The molecule has 0 aliphatic rings. The first kappa shape index (κ1) is 23.8. The minimum atomic E-state index is -3.87. The lowest BCUT2D eigenvalue weighted by atomic mass is 10.2. The van der Waals surface area contributed by atoms with Crippen molar-refractivity contribution in [1.82, 2.24) is 20.2 Å². The van der Waals surface area contributed by atoms with Crippen LogP contribution < -0.4 is 10.0 Å². The number of thiophene rings is 1. The largest absolute Gasteiger partial charge is 0.459 e. The zero-order chi connectivity index (χ0) is 24.5. The number of rotatable bonds is 7. The molecule has 176 valence electrons. The minimum Gasteiger partial charge on any atom is -0.459 e. The highest BCUT2D eigenvalue weighted by atomic mass is 35.5. The van der Waals surface area contributed by atoms with Crippen LogP contribution in [0.5, 0.6) is 0 Å². The van der Waals surface area contributed by atoms with Crippen LogP contribution in [0.4, 0.5) is 17.3 Å². The molecule has 4 aromatic rings. The Labute approximate surface area is 204 Å². The van der Waals surface area contributed by atoms with Gasteiger partial charge < -0.3 is 10.1 Å². The van der Waals surface area contributed by atoms with Crippen LogP contribution in [-0.2, 0) is 14.8 Å². The lowest BCUT2D eigenvalue weighted by Crippen LogP contribution is -2.14. The van der Waals surface area contributed by atoms with Gasteiger partial charge in [-0.15, -0.1) is 21.5 Å². The molecule has 0 unspecified atom stereocenters. The zero-order valence-electron chi connectivity index (χ0n) is 18.2. The summed E-state index contributed by atoms with van der Waals surface area (Å²) in [5.74, 6) is 0.135. The number of benzene rings is 1. The van der Waals surface area contributed by atoms with E-state index in [0.717, 1.165) is 0 Å². The number of ether oxygens (including phenoxy) is 1. The van der Waals surface area contributed by atoms with E-state index in [1.165, 1.54) is 41.9 Å². The number of hydrogen-bond donors (Lipinski definition) is 2. The molecule has 0 aliphatic heterocycles. The average molecular weight is 519 g/mol. The van der Waals surface area contributed by atoms with E-state index in [1.807, 2.05) is 6.92 Å². The van der Waals surface area contributed by atoms with E-state index < -0.39 is 16.0 Å². The number of aromatic nitrogens is 4. The number of carbonyl (C=O) groups is 1. The number of nitrogens with one attached hydrogen (secondary N) is 2. The third-order valence-corrected chi connectivity index (χ3v) is 7.31. The molecule has 3 heterocycles. The van der Waals surface area contributed by atoms with Gasteiger partial charge in [-0.2, -0.15) is 0 Å². The molecule has 0 atom stereocenters. The van der Waals surface area contributed by atoms with Gasteiger partial charge in [-0.25, -0.2) is 23.2 Å². The molecule has 0 fully saturated rings. The van der Waals surface area contributed by atoms with E-state index in [2.05, 4.69) is 30.2 Å². The predicted octanol–water partition coefficient (Wildman–Crippen LogP) is 4.55. The first-order chi connectivity index (χ1) is 16.1. The molecule has 13 heteroatoms. The monoisotopic (exact) mass is 518 g/mol. The van der Waals surface area contributed by atoms with E-state index in [4.69, 9.17) is 16.3 Å². The summed E-state index contributed by atoms with van der Waals surface area (Å²) < 4.78 is 32.9. The maximum atomic E-state index is 12.6. The van der Waals surface area contributed by atoms with Crippen molar-refractivity contribution in [2.75, 3.05) is 10.0 Å². The van der Waals surface area contributed by atoms with E-state index in [0.29, 0.717) is 32.2 Å². The molecule has 0 saturated heterocycles. The van der Waals surface area contributed by atoms with Crippen LogP contribution in [0.2, 0.25) is 5.15 Å². The number of nitrogens with zero attached hydrogens (tertiary/aromatic N) is 4. The Kier molecular flexibility index (Phi) is 6.64. The molecule has 3 aromatic heterocycles. The van der Waals surface area contributed by atoms with Gasteiger partial charge in [0.1, 0.15) is 21.9 Å². The van der Waals surface area contributed by atoms with Gasteiger partial charge in [0.15, 0.2) is 11.0 Å². The van der Waals surface area contributed by atoms with Gasteiger partial charge in [0.2, 0.25) is 0 Å². The summed E-state index contributed by atoms with van der Waals surface area (Å²) in [5.41, 5.74) is 1.31. The molecule has 0 bridgehead atoms. The van der Waals surface area contributed by atoms with Crippen molar-refractivity contribution in [2.24, 2.45) is 0 Å². The summed E-state index contributed by atoms with van der Waals surface area (Å²) in [6.45, 7) is 5.39. The third kappa shape index (κ3) is 5.08. The van der Waals surface area contributed by atoms with Crippen LogP contribution in [0.15, 0.2) is 47.6 Å². The minimum absolute atomic E-state index is 0.0352. The number of esters is 1. The molecule has 0 saturated carbocycles. The Bertz CT molecular complexity index is 1460. The highest BCUT2D eigenvalue weighted by molar-refractivity contribution is 7.92. The van der Waals surface area contributed by atoms with Gasteiger partial charge in [0.05, 0.1) is 16.4 Å². The van der Waals surface area contributed by atoms with Crippen LogP contribution in [0.25, 0.3) is 10.2 Å². The maximum absolute atomic E-state index is 12.6. The summed E-state index contributed by atoms with van der Waals surface area (Å²) in [7, 11) is -3.87. The van der Waals surface area contributed by atoms with Gasteiger partial charge in [-0.1, -0.05) is 11.6 Å². The van der Waals surface area contributed by atoms with Crippen LogP contribution in [0.3, 0.4) is 0 Å². The molecule has 0 amide bonds. The highest BCUT2D eigenvalue weighted by Crippen LogP contribution is 2.35. The van der Waals surface area contributed by atoms with Crippen molar-refractivity contribution in [1.29, 1.82) is 0 Å². The number of hydrogen-bond acceptors (Lipinski definition) is 10. The van der Waals surface area contributed by atoms with Crippen LogP contribution in [0, 0.1) is 6.92 Å². The quantitative estimate of drug-likeness (QED) is 0.337. The van der Waals surface area contributed by atoms with Crippen LogP contribution in [0.1, 0.15) is 29.1 Å². The molecule has 0 spiro atoms. The summed E-state index contributed by atoms with van der Waals surface area (Å²) in [6, 6.07) is 8.94. The Morgan fingerprint density at radius 1 is 1.09 bits per heavy atom. The van der Waals surface area contributed by atoms with E-state index in [1.54, 1.807) is 26.0 Å². The fourth-order valence-electron chi connectivity index (χ4n) is 3.05. The average Bonchev–Trinajstić information content (AvgIpc) is 3.13. The van der Waals surface area contributed by atoms with Crippen molar-refractivity contribution in [2.45, 2.75) is 31.8 Å². The van der Waals surface area contributed by atoms with Gasteiger partial charge in [0, 0.05) is 5.69 Å². The summed E-state index contributed by atoms with van der Waals surface area (Å²) in [6.07, 6.45) is 1.16. The first-order valence-corrected chi connectivity index (χ1v) is 12.7. The van der Waals surface area contributed by atoms with Crippen molar-refractivity contribution < 1.29 is 17.9 Å². The molecule has 2 N–H and O–H groups in total. The Balaban J connectivity index is 1.57. The normalized spacial score (nSPS) is 11.6. The lowest BCUT2D eigenvalue weighted by Gasteiger charge is -2.10. The van der Waals surface area contributed by atoms with Crippen LogP contribution >= 0.6 is 22.9 Å². The fraction of sp³-hybridized carbons (Fsp3) is 0.190. The maximum Gasteiger partial charge on any atom is 0.348 e. The highest BCUT2D eigenvalue weighted by Gasteiger charge is 2.21. The summed E-state index contributed by atoms with van der Waals surface area (Å²) in [4.78, 5) is 22.1. The second-order valence-corrected chi connectivity index (χ2v) is 10.5. The standard InChI is InChI=1S/C21H19ClN6O4S2/c1-11(2)32-21(29)18-12(3)17-19(23-10-24-20(17)33-18)25-13-4-6-14(7-5-13)34(30,31)28-16-9-8-15(22)26-27-16/h4-11H,1-3H3,(H,27,28)(H,23,24,25). The van der Waals surface area contributed by atoms with Crippen LogP contribution in [-0.4, -0.2) is 40.7 Å². The van der Waals surface area contributed by atoms with E-state index >= 15 is 0 Å². The van der Waals surface area contributed by atoms with Crippen molar-refractivity contribution in [3.63, 3.8) is 0 Å². The van der Waals surface area contributed by atoms with Gasteiger partial charge >= 0.3 is 5.97 Å². The predicted molar refractivity (Wildman–Crippen MR) is 130 cm³/mol. The molecule has 1 aromatic carbocycles. The van der Waals surface area contributed by atoms with Crippen molar-refractivity contribution >= 4 is 66.5 Å². The fourth-order valence-corrected chi connectivity index (χ4v) is 5.18. The molecule has 0 radical (unpaired) electrons. The van der Waals surface area contributed by atoms with E-state index in [-0.39, 0.29) is 22.0 Å². The first-order valence-electron chi connectivity index (χ1n) is 9.98. The lowest BCUT2D eigenvalue weighted by molar-refractivity contribution is 0.0383. The van der Waals surface area contributed by atoms with Crippen molar-refractivity contribution in [3.8, 4) is 0 Å². The summed E-state index contributed by atoms with van der Waals surface area (Å²) >= 11 is 6.91. The molecule has 0 aliphatic carbocycles. The van der Waals surface area contributed by atoms with Gasteiger partial charge in [-0.05, 0) is 62.7 Å². The number of fused-ring (bicyclic) bond motifs is 1. The SMILES string of the molecule is Cc1c(C(=O)OC(C)C)sc2ncnc(Nc3ccc(S(=O)(=O)Nc4ccc(Cl)nn4)cc3)c12. The van der Waals surface area contributed by atoms with Crippen molar-refractivity contribution in [3.05, 3.63) is 58.3 Å². The third-order valence-electron chi connectivity index (χ3n) is 4.55.